The summed E-state index contributed by atoms with van der Waals surface area (Å²) in [6, 6.07) is 10.5. The van der Waals surface area contributed by atoms with E-state index in [0.29, 0.717) is 4.73 Å². The summed E-state index contributed by atoms with van der Waals surface area (Å²) < 4.78 is 42.5. The summed E-state index contributed by atoms with van der Waals surface area (Å²) in [6.45, 7) is 1.27. The molecule has 2 aromatic heterocycles. The van der Waals surface area contributed by atoms with Gasteiger partial charge in [-0.3, -0.25) is 10.1 Å². The second kappa shape index (κ2) is 8.30. The SMILES string of the molecule is Cc1cc(C(F)(F)F)c(-c2nc(-c3cc(O)c(O)c([N+](=O)[O-])c3)cs2)c(-c2ccccc2)[n+]1[O-]. The zero-order valence-corrected chi connectivity index (χ0v) is 18.0. The number of aryl methyl sites for hydroxylation is 1. The number of hydrogen-bond acceptors (Lipinski definition) is 7. The maximum absolute atomic E-state index is 14.0. The van der Waals surface area contributed by atoms with Crippen molar-refractivity contribution in [3.8, 4) is 44.6 Å². The summed E-state index contributed by atoms with van der Waals surface area (Å²) in [4.78, 5) is 14.5. The lowest BCUT2D eigenvalue weighted by atomic mass is 9.99. The van der Waals surface area contributed by atoms with Crippen LogP contribution in [0.4, 0.5) is 18.9 Å². The molecule has 4 aromatic rings. The first kappa shape index (κ1) is 23.0. The van der Waals surface area contributed by atoms with Gasteiger partial charge < -0.3 is 15.4 Å². The lowest BCUT2D eigenvalue weighted by Gasteiger charge is -2.17. The number of alkyl halides is 3. The Hall–Kier alpha value is -4.19. The molecule has 0 unspecified atom stereocenters. The molecule has 0 aliphatic rings. The minimum absolute atomic E-state index is 0.00133. The Labute approximate surface area is 193 Å². The van der Waals surface area contributed by atoms with Crippen molar-refractivity contribution in [2.75, 3.05) is 0 Å². The van der Waals surface area contributed by atoms with Crippen LogP contribution in [-0.2, 0) is 6.18 Å². The number of hydrogen-bond donors (Lipinski definition) is 2. The monoisotopic (exact) mass is 489 g/mol. The molecule has 174 valence electrons. The van der Waals surface area contributed by atoms with Crippen molar-refractivity contribution >= 4 is 17.0 Å². The van der Waals surface area contributed by atoms with E-state index in [-0.39, 0.29) is 33.2 Å². The van der Waals surface area contributed by atoms with E-state index in [4.69, 9.17) is 0 Å². The Morgan fingerprint density at radius 1 is 1.09 bits per heavy atom. The molecular weight excluding hydrogens is 475 g/mol. The largest absolute Gasteiger partial charge is 0.618 e. The predicted octanol–water partition coefficient (Wildman–Crippen LogP) is 5.42. The van der Waals surface area contributed by atoms with Crippen molar-refractivity contribution in [1.29, 1.82) is 0 Å². The molecular formula is C22H14F3N3O5S. The van der Waals surface area contributed by atoms with Crippen LogP contribution < -0.4 is 4.73 Å². The minimum atomic E-state index is -4.81. The third-order valence-corrected chi connectivity index (χ3v) is 5.88. The Morgan fingerprint density at radius 2 is 1.76 bits per heavy atom. The smallest absolute Gasteiger partial charge is 0.417 e. The van der Waals surface area contributed by atoms with E-state index in [0.717, 1.165) is 29.5 Å². The highest BCUT2D eigenvalue weighted by Gasteiger charge is 2.40. The van der Waals surface area contributed by atoms with Gasteiger partial charge in [-0.15, -0.1) is 11.3 Å². The van der Waals surface area contributed by atoms with Gasteiger partial charge in [-0.1, -0.05) is 18.2 Å². The van der Waals surface area contributed by atoms with E-state index < -0.39 is 39.4 Å². The first-order chi connectivity index (χ1) is 16.0. The number of aromatic nitrogens is 2. The van der Waals surface area contributed by atoms with Gasteiger partial charge in [-0.05, 0) is 18.2 Å². The van der Waals surface area contributed by atoms with E-state index in [9.17, 15) is 38.7 Å². The number of nitrogens with zero attached hydrogens (tertiary/aromatic N) is 3. The molecule has 2 aromatic carbocycles. The molecule has 0 amide bonds. The fourth-order valence-corrected chi connectivity index (χ4v) is 4.34. The van der Waals surface area contributed by atoms with Gasteiger partial charge in [0.1, 0.15) is 5.01 Å². The normalized spacial score (nSPS) is 11.5. The summed E-state index contributed by atoms with van der Waals surface area (Å²) >= 11 is 0.798. The van der Waals surface area contributed by atoms with E-state index >= 15 is 0 Å². The quantitative estimate of drug-likeness (QED) is 0.130. The van der Waals surface area contributed by atoms with Gasteiger partial charge in [0.2, 0.25) is 11.4 Å². The summed E-state index contributed by atoms with van der Waals surface area (Å²) in [5, 5.41) is 44.8. The van der Waals surface area contributed by atoms with Crippen LogP contribution in [0.3, 0.4) is 0 Å². The molecule has 8 nitrogen and oxygen atoms in total. The zero-order chi connectivity index (χ0) is 24.8. The molecule has 0 fully saturated rings. The number of pyridine rings is 1. The van der Waals surface area contributed by atoms with Crippen LogP contribution in [0.25, 0.3) is 33.1 Å². The zero-order valence-electron chi connectivity index (χ0n) is 17.2. The number of benzene rings is 2. The Morgan fingerprint density at radius 3 is 2.38 bits per heavy atom. The van der Waals surface area contributed by atoms with Gasteiger partial charge in [0.25, 0.3) is 0 Å². The van der Waals surface area contributed by atoms with Crippen LogP contribution >= 0.6 is 11.3 Å². The van der Waals surface area contributed by atoms with Crippen LogP contribution in [0.1, 0.15) is 11.3 Å². The van der Waals surface area contributed by atoms with Gasteiger partial charge >= 0.3 is 11.9 Å². The second-order valence-corrected chi connectivity index (χ2v) is 8.10. The van der Waals surface area contributed by atoms with Gasteiger partial charge in [0.05, 0.1) is 21.7 Å². The Bertz CT molecular complexity index is 1420. The topological polar surface area (TPSA) is 123 Å². The highest BCUT2D eigenvalue weighted by Crippen LogP contribution is 2.44. The summed E-state index contributed by atoms with van der Waals surface area (Å²) in [6.07, 6.45) is -4.81. The van der Waals surface area contributed by atoms with E-state index in [1.54, 1.807) is 18.2 Å². The average molecular weight is 489 g/mol. The number of phenolic OH excluding ortho intramolecular Hbond substituents is 2. The van der Waals surface area contributed by atoms with Crippen molar-refractivity contribution < 1.29 is 33.0 Å². The summed E-state index contributed by atoms with van der Waals surface area (Å²) in [5.74, 6) is -1.73. The fraction of sp³-hybridized carbons (Fsp3) is 0.0909. The predicted molar refractivity (Wildman–Crippen MR) is 117 cm³/mol. The standard InChI is InChI=1S/C22H14F3N3O5S/c1-11-7-14(22(23,24)25)18(19(27(11)31)12-5-3-2-4-6-12)21-26-15(10-34-21)13-8-16(28(32)33)20(30)17(29)9-13/h2-10,29-30H,1H3. The molecule has 34 heavy (non-hydrogen) atoms. The van der Waals surface area contributed by atoms with Gasteiger partial charge in [-0.25, -0.2) is 4.98 Å². The molecule has 0 aliphatic carbocycles. The third-order valence-electron chi connectivity index (χ3n) is 5.02. The number of halogens is 3. The summed E-state index contributed by atoms with van der Waals surface area (Å²) in [7, 11) is 0. The van der Waals surface area contributed by atoms with Crippen molar-refractivity contribution in [3.05, 3.63) is 80.5 Å². The summed E-state index contributed by atoms with van der Waals surface area (Å²) in [5.41, 5.74) is -2.43. The van der Waals surface area contributed by atoms with E-state index in [2.05, 4.69) is 4.98 Å². The number of nitro benzene ring substituents is 1. The van der Waals surface area contributed by atoms with Crippen molar-refractivity contribution in [2.24, 2.45) is 0 Å². The third kappa shape index (κ3) is 3.99. The van der Waals surface area contributed by atoms with Crippen LogP contribution in [0, 0.1) is 22.2 Å². The molecule has 0 bridgehead atoms. The number of phenols is 2. The Kier molecular flexibility index (Phi) is 5.61. The average Bonchev–Trinajstić information content (AvgIpc) is 3.26. The van der Waals surface area contributed by atoms with Gasteiger partial charge in [-0.2, -0.15) is 17.9 Å². The van der Waals surface area contributed by atoms with Crippen LogP contribution in [0.2, 0.25) is 0 Å². The van der Waals surface area contributed by atoms with Crippen molar-refractivity contribution in [1.82, 2.24) is 4.98 Å². The highest BCUT2D eigenvalue weighted by molar-refractivity contribution is 7.13. The second-order valence-electron chi connectivity index (χ2n) is 7.24. The van der Waals surface area contributed by atoms with Crippen LogP contribution in [0.5, 0.6) is 11.5 Å². The van der Waals surface area contributed by atoms with Gasteiger partial charge in [0.15, 0.2) is 11.4 Å². The van der Waals surface area contributed by atoms with Gasteiger partial charge in [0, 0.05) is 35.6 Å². The van der Waals surface area contributed by atoms with Crippen LogP contribution in [0.15, 0.2) is 53.9 Å². The minimum Gasteiger partial charge on any atom is -0.618 e. The Balaban J connectivity index is 1.99. The highest BCUT2D eigenvalue weighted by atomic mass is 32.1. The van der Waals surface area contributed by atoms with Crippen molar-refractivity contribution in [3.63, 3.8) is 0 Å². The lowest BCUT2D eigenvalue weighted by molar-refractivity contribution is -0.600. The van der Waals surface area contributed by atoms with E-state index in [1.807, 2.05) is 0 Å². The molecule has 0 spiro atoms. The fourth-order valence-electron chi connectivity index (χ4n) is 3.46. The number of rotatable bonds is 4. The van der Waals surface area contributed by atoms with Crippen LogP contribution in [-0.4, -0.2) is 20.1 Å². The number of nitro groups is 1. The van der Waals surface area contributed by atoms with Crippen molar-refractivity contribution in [2.45, 2.75) is 13.1 Å². The molecule has 2 N–H and O–H groups in total. The molecule has 0 radical (unpaired) electrons. The molecule has 0 saturated carbocycles. The number of thiazole rings is 1. The molecule has 2 heterocycles. The molecule has 4 rings (SSSR count). The number of aromatic hydroxyl groups is 2. The molecule has 12 heteroatoms. The molecule has 0 atom stereocenters. The maximum Gasteiger partial charge on any atom is 0.417 e. The molecule has 0 aliphatic heterocycles. The maximum atomic E-state index is 14.0. The first-order valence-corrected chi connectivity index (χ1v) is 10.4. The molecule has 0 saturated heterocycles. The first-order valence-electron chi connectivity index (χ1n) is 9.55. The lowest BCUT2D eigenvalue weighted by Crippen LogP contribution is -2.35. The van der Waals surface area contributed by atoms with E-state index in [1.165, 1.54) is 24.4 Å².